The summed E-state index contributed by atoms with van der Waals surface area (Å²) in [4.78, 5) is 3.91. The summed E-state index contributed by atoms with van der Waals surface area (Å²) in [5.74, 6) is -3.22. The molecule has 0 amide bonds. The van der Waals surface area contributed by atoms with Crippen LogP contribution in [0.1, 0.15) is 13.8 Å². The van der Waals surface area contributed by atoms with Gasteiger partial charge in [-0.15, -0.1) is 0 Å². The Kier molecular flexibility index (Phi) is 5.02. The predicted octanol–water partition coefficient (Wildman–Crippen LogP) is 2.21. The molecule has 0 atom stereocenters. The highest BCUT2D eigenvalue weighted by Gasteiger charge is 2.25. The Morgan fingerprint density at radius 2 is 2.04 bits per heavy atom. The molecule has 0 N–H and O–H groups in total. The van der Waals surface area contributed by atoms with Crippen molar-refractivity contribution in [2.75, 3.05) is 12.4 Å². The van der Waals surface area contributed by atoms with Crippen molar-refractivity contribution < 1.29 is 26.7 Å². The van der Waals surface area contributed by atoms with E-state index in [1.54, 1.807) is 0 Å². The number of aromatic nitrogens is 2. The first-order valence-electron chi connectivity index (χ1n) is 7.06. The van der Waals surface area contributed by atoms with Gasteiger partial charge in [-0.2, -0.15) is 4.73 Å². The van der Waals surface area contributed by atoms with Gasteiger partial charge in [-0.3, -0.25) is 0 Å². The first kappa shape index (κ1) is 18.1. The van der Waals surface area contributed by atoms with E-state index in [2.05, 4.69) is 4.98 Å². The van der Waals surface area contributed by atoms with Crippen molar-refractivity contribution in [3.05, 3.63) is 41.9 Å². The first-order valence-corrected chi connectivity index (χ1v) is 8.71. The van der Waals surface area contributed by atoms with E-state index in [1.165, 1.54) is 37.4 Å². The average molecular weight is 358 g/mol. The Hall–Kier alpha value is -2.29. The van der Waals surface area contributed by atoms with Crippen molar-refractivity contribution in [2.24, 2.45) is 0 Å². The molecule has 2 aromatic heterocycles. The van der Waals surface area contributed by atoms with Crippen molar-refractivity contribution in [1.29, 1.82) is 0 Å². The van der Waals surface area contributed by atoms with Gasteiger partial charge in [-0.05, 0) is 18.2 Å². The topological polar surface area (TPSA) is 83.2 Å². The van der Waals surface area contributed by atoms with Gasteiger partial charge in [0.15, 0.2) is 27.9 Å². The molecule has 0 saturated carbocycles. The molecule has 24 heavy (non-hydrogen) atoms. The molecule has 0 radical (unpaired) electrons. The standard InChI is InChI=1S/C15H16F2N2O4S/c1-3-24(21,22)13-5-4-8-18-14(13)12-7-6-11(9-19(12)20)23-10-15(2,16)17/h4-9H,3,10H2,1-2H3. The number of nitrogens with zero attached hydrogens (tertiary/aromatic N) is 2. The summed E-state index contributed by atoms with van der Waals surface area (Å²) in [6.07, 6.45) is 2.32. The molecule has 6 nitrogen and oxygen atoms in total. The Morgan fingerprint density at radius 1 is 1.33 bits per heavy atom. The summed E-state index contributed by atoms with van der Waals surface area (Å²) < 4.78 is 55.0. The van der Waals surface area contributed by atoms with Gasteiger partial charge >= 0.3 is 0 Å². The van der Waals surface area contributed by atoms with Crippen LogP contribution in [0.2, 0.25) is 0 Å². The van der Waals surface area contributed by atoms with Crippen LogP contribution < -0.4 is 9.47 Å². The van der Waals surface area contributed by atoms with Crippen LogP contribution in [0.25, 0.3) is 11.4 Å². The summed E-state index contributed by atoms with van der Waals surface area (Å²) in [7, 11) is -3.58. The molecule has 0 unspecified atom stereocenters. The minimum atomic E-state index is -3.58. The van der Waals surface area contributed by atoms with Gasteiger partial charge in [0.05, 0.1) is 10.6 Å². The van der Waals surface area contributed by atoms with E-state index in [-0.39, 0.29) is 27.8 Å². The van der Waals surface area contributed by atoms with Crippen molar-refractivity contribution in [1.82, 2.24) is 4.98 Å². The van der Waals surface area contributed by atoms with E-state index in [0.29, 0.717) is 11.7 Å². The summed E-state index contributed by atoms with van der Waals surface area (Å²) in [6, 6.07) is 5.42. The van der Waals surface area contributed by atoms with E-state index >= 15 is 0 Å². The SMILES string of the molecule is CCS(=O)(=O)c1cccnc1-c1ccc(OCC(C)(F)F)c[n+]1[O-]. The van der Waals surface area contributed by atoms with Crippen LogP contribution in [0.4, 0.5) is 8.78 Å². The van der Waals surface area contributed by atoms with Gasteiger partial charge in [0.2, 0.25) is 11.9 Å². The highest BCUT2D eigenvalue weighted by atomic mass is 32.2. The molecule has 0 saturated heterocycles. The minimum absolute atomic E-state index is 0.00159. The zero-order chi connectivity index (χ0) is 18.0. The minimum Gasteiger partial charge on any atom is -0.618 e. The third-order valence-corrected chi connectivity index (χ3v) is 4.87. The average Bonchev–Trinajstić information content (AvgIpc) is 2.52. The van der Waals surface area contributed by atoms with Gasteiger partial charge in [0, 0.05) is 19.2 Å². The Balaban J connectivity index is 2.41. The van der Waals surface area contributed by atoms with Gasteiger partial charge in [-0.25, -0.2) is 22.2 Å². The smallest absolute Gasteiger partial charge is 0.278 e. The number of ether oxygens (including phenoxy) is 1. The summed E-state index contributed by atoms with van der Waals surface area (Å²) in [6.45, 7) is 1.31. The number of rotatable bonds is 6. The Bertz CT molecular complexity index is 836. The zero-order valence-corrected chi connectivity index (χ0v) is 13.9. The van der Waals surface area contributed by atoms with Gasteiger partial charge < -0.3 is 9.94 Å². The maximum absolute atomic E-state index is 12.8. The summed E-state index contributed by atoms with van der Waals surface area (Å²) in [5, 5.41) is 12.1. The third-order valence-electron chi connectivity index (χ3n) is 3.11. The third kappa shape index (κ3) is 4.16. The first-order chi connectivity index (χ1) is 11.1. The number of alkyl halides is 2. The quantitative estimate of drug-likeness (QED) is 0.584. The fraction of sp³-hybridized carbons (Fsp3) is 0.333. The lowest BCUT2D eigenvalue weighted by Gasteiger charge is -2.13. The lowest BCUT2D eigenvalue weighted by molar-refractivity contribution is -0.594. The van der Waals surface area contributed by atoms with Crippen LogP contribution in [0.15, 0.2) is 41.6 Å². The maximum Gasteiger partial charge on any atom is 0.278 e. The van der Waals surface area contributed by atoms with Gasteiger partial charge in [0.25, 0.3) is 5.92 Å². The van der Waals surface area contributed by atoms with Crippen LogP contribution in [-0.4, -0.2) is 31.7 Å². The van der Waals surface area contributed by atoms with E-state index in [1.807, 2.05) is 0 Å². The zero-order valence-electron chi connectivity index (χ0n) is 13.1. The highest BCUT2D eigenvalue weighted by molar-refractivity contribution is 7.91. The second kappa shape index (κ2) is 6.68. The normalized spacial score (nSPS) is 12.2. The van der Waals surface area contributed by atoms with Gasteiger partial charge in [0.1, 0.15) is 0 Å². The molecular weight excluding hydrogens is 342 g/mol. The molecule has 0 aromatic carbocycles. The van der Waals surface area contributed by atoms with Crippen LogP contribution in [0.5, 0.6) is 5.75 Å². The summed E-state index contributed by atoms with van der Waals surface area (Å²) >= 11 is 0. The highest BCUT2D eigenvalue weighted by Crippen LogP contribution is 2.25. The maximum atomic E-state index is 12.8. The van der Waals surface area contributed by atoms with Crippen molar-refractivity contribution in [3.63, 3.8) is 0 Å². The molecule has 9 heteroatoms. The van der Waals surface area contributed by atoms with Crippen LogP contribution in [0.3, 0.4) is 0 Å². The Labute approximate surface area is 138 Å². The number of halogens is 2. The fourth-order valence-electron chi connectivity index (χ4n) is 1.93. The molecule has 0 fully saturated rings. The summed E-state index contributed by atoms with van der Waals surface area (Å²) in [5.41, 5.74) is -0.0139. The van der Waals surface area contributed by atoms with E-state index in [9.17, 15) is 22.4 Å². The van der Waals surface area contributed by atoms with Crippen molar-refractivity contribution in [2.45, 2.75) is 24.7 Å². The van der Waals surface area contributed by atoms with E-state index in [4.69, 9.17) is 4.74 Å². The molecule has 0 spiro atoms. The lowest BCUT2D eigenvalue weighted by Crippen LogP contribution is -2.30. The number of pyridine rings is 2. The van der Waals surface area contributed by atoms with Crippen LogP contribution in [0, 0.1) is 5.21 Å². The van der Waals surface area contributed by atoms with E-state index < -0.39 is 22.4 Å². The van der Waals surface area contributed by atoms with Crippen molar-refractivity contribution >= 4 is 9.84 Å². The second-order valence-corrected chi connectivity index (χ2v) is 7.43. The molecule has 130 valence electrons. The molecule has 0 aliphatic rings. The van der Waals surface area contributed by atoms with E-state index in [0.717, 1.165) is 6.20 Å². The second-order valence-electron chi connectivity index (χ2n) is 5.19. The number of hydrogen-bond acceptors (Lipinski definition) is 5. The monoisotopic (exact) mass is 358 g/mol. The number of hydrogen-bond donors (Lipinski definition) is 0. The molecule has 0 aliphatic heterocycles. The van der Waals surface area contributed by atoms with Crippen molar-refractivity contribution in [3.8, 4) is 17.1 Å². The molecular formula is C15H16F2N2O4S. The van der Waals surface area contributed by atoms with Crippen LogP contribution >= 0.6 is 0 Å². The predicted molar refractivity (Wildman–Crippen MR) is 82.5 cm³/mol. The molecule has 0 aliphatic carbocycles. The number of sulfone groups is 1. The van der Waals surface area contributed by atoms with Crippen LogP contribution in [-0.2, 0) is 9.84 Å². The van der Waals surface area contributed by atoms with Gasteiger partial charge in [-0.1, -0.05) is 6.92 Å². The molecule has 2 heterocycles. The fourth-order valence-corrected chi connectivity index (χ4v) is 2.98. The largest absolute Gasteiger partial charge is 0.618 e. The lowest BCUT2D eigenvalue weighted by atomic mass is 10.2. The Morgan fingerprint density at radius 3 is 2.62 bits per heavy atom. The molecule has 2 rings (SSSR count). The molecule has 2 aromatic rings. The molecule has 0 bridgehead atoms.